The molecule has 18 heavy (non-hydrogen) atoms. The Morgan fingerprint density at radius 3 is 2.39 bits per heavy atom. The van der Waals surface area contributed by atoms with Crippen molar-refractivity contribution in [3.63, 3.8) is 0 Å². The molecule has 0 fully saturated rings. The first kappa shape index (κ1) is 12.5. The highest BCUT2D eigenvalue weighted by Gasteiger charge is 2.12. The second-order valence-electron chi connectivity index (χ2n) is 4.90. The molecule has 0 saturated heterocycles. The number of aromatic nitrogens is 2. The second kappa shape index (κ2) is 4.37. The summed E-state index contributed by atoms with van der Waals surface area (Å²) in [5.41, 5.74) is 11.9. The quantitative estimate of drug-likeness (QED) is 0.882. The van der Waals surface area contributed by atoms with Crippen LogP contribution in [0, 0.1) is 13.8 Å². The van der Waals surface area contributed by atoms with Crippen LogP contribution in [0.4, 0.5) is 11.5 Å². The van der Waals surface area contributed by atoms with Crippen LogP contribution in [0.3, 0.4) is 0 Å². The van der Waals surface area contributed by atoms with Gasteiger partial charge in [0.05, 0.1) is 6.20 Å². The van der Waals surface area contributed by atoms with E-state index in [0.29, 0.717) is 5.82 Å². The fourth-order valence-electron chi connectivity index (χ4n) is 2.13. The van der Waals surface area contributed by atoms with Gasteiger partial charge < -0.3 is 10.6 Å². The summed E-state index contributed by atoms with van der Waals surface area (Å²) >= 11 is 0. The van der Waals surface area contributed by atoms with Gasteiger partial charge in [-0.2, -0.15) is 5.10 Å². The normalized spacial score (nSPS) is 10.7. The van der Waals surface area contributed by atoms with E-state index in [1.54, 1.807) is 4.68 Å². The topological polar surface area (TPSA) is 47.1 Å². The van der Waals surface area contributed by atoms with E-state index < -0.39 is 0 Å². The van der Waals surface area contributed by atoms with E-state index in [4.69, 9.17) is 5.73 Å². The SMILES string of the molecule is Cc1cc(-c2cnn(C)c2N)cc(N(C)C)c1C. The minimum atomic E-state index is 0.697. The third kappa shape index (κ3) is 1.94. The van der Waals surface area contributed by atoms with Crippen molar-refractivity contribution >= 4 is 11.5 Å². The highest BCUT2D eigenvalue weighted by atomic mass is 15.3. The molecule has 2 aromatic rings. The number of aryl methyl sites for hydroxylation is 2. The molecule has 1 heterocycles. The molecule has 4 heteroatoms. The van der Waals surface area contributed by atoms with E-state index in [2.05, 4.69) is 50.1 Å². The third-order valence-corrected chi connectivity index (χ3v) is 3.42. The molecule has 0 spiro atoms. The van der Waals surface area contributed by atoms with Gasteiger partial charge in [0.25, 0.3) is 0 Å². The van der Waals surface area contributed by atoms with Crippen molar-refractivity contribution in [3.05, 3.63) is 29.5 Å². The molecule has 0 saturated carbocycles. The number of nitrogens with two attached hydrogens (primary N) is 1. The summed E-state index contributed by atoms with van der Waals surface area (Å²) in [4.78, 5) is 2.12. The van der Waals surface area contributed by atoms with E-state index in [1.165, 1.54) is 16.8 Å². The highest BCUT2D eigenvalue weighted by molar-refractivity contribution is 5.78. The first-order valence-electron chi connectivity index (χ1n) is 5.98. The molecule has 0 radical (unpaired) electrons. The molecular weight excluding hydrogens is 224 g/mol. The fraction of sp³-hybridized carbons (Fsp3) is 0.357. The van der Waals surface area contributed by atoms with Gasteiger partial charge in [0, 0.05) is 32.4 Å². The number of hydrogen-bond acceptors (Lipinski definition) is 3. The number of anilines is 2. The average Bonchev–Trinajstić information content (AvgIpc) is 2.63. The van der Waals surface area contributed by atoms with Crippen molar-refractivity contribution < 1.29 is 0 Å². The van der Waals surface area contributed by atoms with Gasteiger partial charge in [0.1, 0.15) is 5.82 Å². The number of nitrogens with zero attached hydrogens (tertiary/aromatic N) is 3. The van der Waals surface area contributed by atoms with Crippen LogP contribution >= 0.6 is 0 Å². The lowest BCUT2D eigenvalue weighted by atomic mass is 9.99. The first-order valence-corrected chi connectivity index (χ1v) is 5.98. The van der Waals surface area contributed by atoms with Crippen LogP contribution in [0.5, 0.6) is 0 Å². The Balaban J connectivity index is 2.63. The van der Waals surface area contributed by atoms with Crippen LogP contribution in [0.15, 0.2) is 18.3 Å². The van der Waals surface area contributed by atoms with Crippen LogP contribution in [0.25, 0.3) is 11.1 Å². The summed E-state index contributed by atoms with van der Waals surface area (Å²) < 4.78 is 1.69. The summed E-state index contributed by atoms with van der Waals surface area (Å²) in [7, 11) is 5.96. The smallest absolute Gasteiger partial charge is 0.129 e. The van der Waals surface area contributed by atoms with Crippen LogP contribution in [0.2, 0.25) is 0 Å². The molecule has 4 nitrogen and oxygen atoms in total. The molecule has 0 aliphatic heterocycles. The summed E-state index contributed by atoms with van der Waals surface area (Å²) in [5.74, 6) is 0.697. The monoisotopic (exact) mass is 244 g/mol. The van der Waals surface area contributed by atoms with Gasteiger partial charge in [-0.3, -0.25) is 4.68 Å². The van der Waals surface area contributed by atoms with E-state index >= 15 is 0 Å². The van der Waals surface area contributed by atoms with Crippen molar-refractivity contribution in [2.24, 2.45) is 7.05 Å². The second-order valence-corrected chi connectivity index (χ2v) is 4.90. The van der Waals surface area contributed by atoms with Crippen molar-refractivity contribution in [2.45, 2.75) is 13.8 Å². The summed E-state index contributed by atoms with van der Waals surface area (Å²) in [6.07, 6.45) is 1.82. The predicted octanol–water partition coefficient (Wildman–Crippen LogP) is 2.35. The zero-order chi connectivity index (χ0) is 13.4. The molecule has 0 aliphatic carbocycles. The molecule has 0 atom stereocenters. The van der Waals surface area contributed by atoms with Gasteiger partial charge in [-0.15, -0.1) is 0 Å². The number of nitrogen functional groups attached to an aromatic ring is 1. The molecular formula is C14H20N4. The first-order chi connectivity index (χ1) is 8.41. The Morgan fingerprint density at radius 1 is 1.22 bits per heavy atom. The molecule has 2 N–H and O–H groups in total. The Labute approximate surface area is 108 Å². The van der Waals surface area contributed by atoms with Gasteiger partial charge in [-0.05, 0) is 36.6 Å². The van der Waals surface area contributed by atoms with Crippen LogP contribution in [-0.4, -0.2) is 23.9 Å². The van der Waals surface area contributed by atoms with Crippen molar-refractivity contribution in [3.8, 4) is 11.1 Å². The summed E-state index contributed by atoms with van der Waals surface area (Å²) in [5, 5.41) is 4.20. The van der Waals surface area contributed by atoms with Gasteiger partial charge in [-0.25, -0.2) is 0 Å². The minimum Gasteiger partial charge on any atom is -0.383 e. The average molecular weight is 244 g/mol. The molecule has 0 unspecified atom stereocenters. The Bertz CT molecular complexity index is 582. The van der Waals surface area contributed by atoms with Gasteiger partial charge in [-0.1, -0.05) is 6.07 Å². The lowest BCUT2D eigenvalue weighted by Gasteiger charge is -2.19. The minimum absolute atomic E-state index is 0.697. The van der Waals surface area contributed by atoms with Gasteiger partial charge in [0.15, 0.2) is 0 Å². The van der Waals surface area contributed by atoms with Crippen LogP contribution in [-0.2, 0) is 7.05 Å². The molecule has 2 rings (SSSR count). The fourth-order valence-corrected chi connectivity index (χ4v) is 2.13. The van der Waals surface area contributed by atoms with Crippen molar-refractivity contribution in [1.29, 1.82) is 0 Å². The number of hydrogen-bond donors (Lipinski definition) is 1. The van der Waals surface area contributed by atoms with Crippen LogP contribution in [0.1, 0.15) is 11.1 Å². The zero-order valence-corrected chi connectivity index (χ0v) is 11.7. The van der Waals surface area contributed by atoms with E-state index in [0.717, 1.165) is 11.1 Å². The van der Waals surface area contributed by atoms with Crippen molar-refractivity contribution in [1.82, 2.24) is 9.78 Å². The van der Waals surface area contributed by atoms with Crippen molar-refractivity contribution in [2.75, 3.05) is 24.7 Å². The largest absolute Gasteiger partial charge is 0.383 e. The maximum absolute atomic E-state index is 6.04. The number of rotatable bonds is 2. The maximum Gasteiger partial charge on any atom is 0.129 e. The predicted molar refractivity (Wildman–Crippen MR) is 76.9 cm³/mol. The molecule has 0 bridgehead atoms. The van der Waals surface area contributed by atoms with Gasteiger partial charge in [0.2, 0.25) is 0 Å². The Hall–Kier alpha value is -1.97. The third-order valence-electron chi connectivity index (χ3n) is 3.42. The Kier molecular flexibility index (Phi) is 3.03. The lowest BCUT2D eigenvalue weighted by Crippen LogP contribution is -2.11. The highest BCUT2D eigenvalue weighted by Crippen LogP contribution is 2.32. The zero-order valence-electron chi connectivity index (χ0n) is 11.7. The van der Waals surface area contributed by atoms with Gasteiger partial charge >= 0.3 is 0 Å². The number of benzene rings is 1. The van der Waals surface area contributed by atoms with E-state index in [1.807, 2.05) is 13.2 Å². The van der Waals surface area contributed by atoms with E-state index in [-0.39, 0.29) is 0 Å². The Morgan fingerprint density at radius 2 is 1.89 bits per heavy atom. The molecule has 1 aromatic carbocycles. The van der Waals surface area contributed by atoms with E-state index in [9.17, 15) is 0 Å². The molecule has 0 aliphatic rings. The lowest BCUT2D eigenvalue weighted by molar-refractivity contribution is 0.779. The summed E-state index contributed by atoms with van der Waals surface area (Å²) in [6, 6.07) is 4.32. The molecule has 0 amide bonds. The molecule has 1 aromatic heterocycles. The standard InChI is InChI=1S/C14H20N4/c1-9-6-11(7-13(10(9)2)17(3)4)12-8-16-18(5)14(12)15/h6-8H,15H2,1-5H3. The summed E-state index contributed by atoms with van der Waals surface area (Å²) in [6.45, 7) is 4.26. The maximum atomic E-state index is 6.04. The molecule has 96 valence electrons. The van der Waals surface area contributed by atoms with Crippen LogP contribution < -0.4 is 10.6 Å².